The fourth-order valence-corrected chi connectivity index (χ4v) is 19.8. The minimum atomic E-state index is -1.50. The second kappa shape index (κ2) is 36.0. The van der Waals surface area contributed by atoms with Crippen molar-refractivity contribution in [2.45, 2.75) is 93.7 Å². The number of hydrogen-bond donors (Lipinski definition) is 4. The summed E-state index contributed by atoms with van der Waals surface area (Å²) in [5.41, 5.74) is 16.4. The molecule has 9 aliphatic rings. The Kier molecular flexibility index (Phi) is 23.8. The number of carbonyl (C=O) groups is 2. The number of amides is 1. The minimum Gasteiger partial charge on any atom is -0.477 e. The van der Waals surface area contributed by atoms with E-state index in [1.807, 2.05) is 9.80 Å². The molecule has 144 heavy (non-hydrogen) atoms. The van der Waals surface area contributed by atoms with Crippen molar-refractivity contribution in [2.75, 3.05) is 77.3 Å². The largest absolute Gasteiger partial charge is 0.477 e. The van der Waals surface area contributed by atoms with Crippen LogP contribution in [-0.2, 0) is 4.79 Å². The number of fused-ring (bicyclic) bond motifs is 10. The normalized spacial score (nSPS) is 16.2. The molecular weight excluding hydrogens is 1890 g/mol. The Bertz CT molecular complexity index is 7800. The zero-order valence-electron chi connectivity index (χ0n) is 76.6. The van der Waals surface area contributed by atoms with E-state index < -0.39 is 77.3 Å². The Hall–Kier alpha value is -17.5. The SMILES string of the molecule is C.CC(=O)Nc1ccc2c(c1)Oc1c(F)c(F)cc3c(=O)c(C(=O)O)cn-2c13.Cc1cn2c3c(c(N4CCC(C)C4)c(F)cc3c1=O)Oc1cc([N+](=O)[O-])ccc1-2.Cc1cn2c3c(c(N4CCC(N)C4)c(F)cc3c1=O)Oc1cc([N+](=O)[O-])ccc1-2.Cc1cn2c3c(c(N4CC[C@H](C)C4)c(F)cc3c1=O)Oc1cc([N+](=O)[O-])ccc1-2.Cc1cn2c3c(c(N4CC[C@H](N)C4)c(F)cc3c1=O)Oc1cc([N+](=O)[O-])ccc1-2. The fraction of sp³-hybridized carbons (Fsp3) is 0.238. The third-order valence-corrected chi connectivity index (χ3v) is 26.6. The van der Waals surface area contributed by atoms with E-state index in [1.165, 1.54) is 102 Å². The molecule has 15 aromatic rings. The Labute approximate surface area is 807 Å². The molecule has 736 valence electrons. The number of nitro groups is 4. The van der Waals surface area contributed by atoms with Gasteiger partial charge in [0.15, 0.2) is 108 Å². The Morgan fingerprint density at radius 1 is 0.375 bits per heavy atom. The topological polar surface area (TPSA) is 460 Å². The Morgan fingerprint density at radius 3 is 0.917 bits per heavy atom. The summed E-state index contributed by atoms with van der Waals surface area (Å²) in [4.78, 5) is 136. The highest BCUT2D eigenvalue weighted by Crippen LogP contribution is 2.55. The van der Waals surface area contributed by atoms with Gasteiger partial charge >= 0.3 is 5.97 Å². The number of rotatable bonds is 10. The quantitative estimate of drug-likeness (QED) is 0.0561. The Balaban J connectivity index is 0.000000114. The standard InChI is InChI=1S/2C21H18FN3O4.2C20H17FN4O4.C18H10F2N2O5.CH4/c2*1-11-5-6-23(9-11)19-15(22)8-14-18-21(19)29-17-7-13(25(27)28)3-4-16(17)24(18)10-12(2)20(14)26;2*1-10-8-24-15-3-2-12(25(27)28)6-16(15)29-20-17(24)13(19(10)26)7-14(21)18(20)23-5-4-11(22)9-23;1-7(23)21-8-2-3-12-13(4-8)27-17-14(20)11(19)5-9-15(17)22(12)6-10(16(9)24)18(25)26;/h2*3-4,7-8,10-11H,5-6,9H2,1-2H3;2*2-3,6-8,11H,4-5,9,22H2,1H3;2-6H,1H3,(H,21,23)(H,25,26);1H4/t11-;;11-;;;/m0.0.../s1. The molecular formula is C101H84F6N16O21. The van der Waals surface area contributed by atoms with Crippen LogP contribution in [0.3, 0.4) is 0 Å². The van der Waals surface area contributed by atoms with Gasteiger partial charge in [-0.1, -0.05) is 21.3 Å². The highest BCUT2D eigenvalue weighted by atomic mass is 19.2. The molecule has 9 aliphatic heterocycles. The van der Waals surface area contributed by atoms with Crippen molar-refractivity contribution >= 4 is 118 Å². The predicted octanol–water partition coefficient (Wildman–Crippen LogP) is 18.2. The molecule has 6 N–H and O–H groups in total. The average molecular weight is 1970 g/mol. The van der Waals surface area contributed by atoms with Gasteiger partial charge in [0.2, 0.25) is 17.2 Å². The smallest absolute Gasteiger partial charge is 0.341 e. The van der Waals surface area contributed by atoms with Gasteiger partial charge in [0.1, 0.15) is 55.9 Å². The van der Waals surface area contributed by atoms with Crippen LogP contribution in [0.5, 0.6) is 57.5 Å². The number of benzene rings is 10. The van der Waals surface area contributed by atoms with E-state index in [9.17, 15) is 87.9 Å². The number of hydrogen-bond acceptors (Lipinski definition) is 26. The van der Waals surface area contributed by atoms with E-state index in [2.05, 4.69) is 19.2 Å². The Morgan fingerprint density at radius 2 is 0.639 bits per heavy atom. The summed E-state index contributed by atoms with van der Waals surface area (Å²) in [6.45, 7) is 16.9. The second-order valence-electron chi connectivity index (χ2n) is 36.4. The van der Waals surface area contributed by atoms with Gasteiger partial charge in [-0.3, -0.25) is 69.2 Å². The van der Waals surface area contributed by atoms with Crippen LogP contribution >= 0.6 is 0 Å². The number of carboxylic acids is 1. The van der Waals surface area contributed by atoms with Crippen LogP contribution < -0.4 is 87.2 Å². The first-order valence-corrected chi connectivity index (χ1v) is 45.0. The lowest BCUT2D eigenvalue weighted by Crippen LogP contribution is -2.28. The molecule has 4 atom stereocenters. The molecule has 5 aromatic heterocycles. The lowest BCUT2D eigenvalue weighted by Gasteiger charge is -2.29. The highest BCUT2D eigenvalue weighted by molar-refractivity contribution is 6.01. The van der Waals surface area contributed by atoms with Crippen molar-refractivity contribution < 1.29 is 84.4 Å². The molecule has 4 saturated heterocycles. The van der Waals surface area contributed by atoms with Crippen LogP contribution in [0.15, 0.2) is 176 Å². The molecule has 0 aliphatic carbocycles. The number of anilines is 5. The molecule has 10 aromatic carbocycles. The van der Waals surface area contributed by atoms with Gasteiger partial charge in [-0.05, 0) is 132 Å². The number of aromatic carboxylic acids is 1. The molecule has 43 heteroatoms. The molecule has 0 spiro atoms. The van der Waals surface area contributed by atoms with Gasteiger partial charge in [-0.15, -0.1) is 0 Å². The molecule has 1 amide bonds. The van der Waals surface area contributed by atoms with Gasteiger partial charge < -0.3 is 88.0 Å². The van der Waals surface area contributed by atoms with Crippen LogP contribution in [0.4, 0.5) is 77.5 Å². The molecule has 24 rings (SSSR count). The number of halogens is 6. The zero-order valence-corrected chi connectivity index (χ0v) is 76.6. The number of aromatic nitrogens is 5. The van der Waals surface area contributed by atoms with Crippen LogP contribution in [0.1, 0.15) is 86.5 Å². The molecule has 2 unspecified atom stereocenters. The number of carboxylic acid groups (broad SMARTS) is 1. The summed E-state index contributed by atoms with van der Waals surface area (Å²) >= 11 is 0. The zero-order chi connectivity index (χ0) is 101. The van der Waals surface area contributed by atoms with Crippen LogP contribution in [0.25, 0.3) is 83.0 Å². The maximum atomic E-state index is 15.2. The maximum absolute atomic E-state index is 15.2. The summed E-state index contributed by atoms with van der Waals surface area (Å²) in [6, 6.07) is 27.0. The van der Waals surface area contributed by atoms with E-state index in [0.29, 0.717) is 173 Å². The molecule has 0 radical (unpaired) electrons. The number of nitrogens with two attached hydrogens (primary N) is 2. The van der Waals surface area contributed by atoms with Gasteiger partial charge in [-0.2, -0.15) is 4.39 Å². The van der Waals surface area contributed by atoms with E-state index in [1.54, 1.807) is 105 Å². The third kappa shape index (κ3) is 16.1. The monoisotopic (exact) mass is 1970 g/mol. The van der Waals surface area contributed by atoms with E-state index in [-0.39, 0.29) is 165 Å². The van der Waals surface area contributed by atoms with Crippen molar-refractivity contribution in [3.05, 3.63) is 307 Å². The fourth-order valence-electron chi connectivity index (χ4n) is 19.8. The summed E-state index contributed by atoms with van der Waals surface area (Å²) in [5, 5.41) is 57.2. The molecule has 4 fully saturated rings. The summed E-state index contributed by atoms with van der Waals surface area (Å²) in [7, 11) is 0. The van der Waals surface area contributed by atoms with Crippen LogP contribution in [0.2, 0.25) is 0 Å². The first-order valence-electron chi connectivity index (χ1n) is 45.0. The molecule has 0 saturated carbocycles. The molecule has 37 nitrogen and oxygen atoms in total. The number of carbonyl (C=O) groups excluding carboxylic acids is 1. The number of ether oxygens (including phenoxy) is 5. The predicted molar refractivity (Wildman–Crippen MR) is 523 cm³/mol. The summed E-state index contributed by atoms with van der Waals surface area (Å²) < 4.78 is 127. The number of nitrogens with one attached hydrogen (secondary N) is 1. The summed E-state index contributed by atoms with van der Waals surface area (Å²) in [5.74, 6) is -4.56. The lowest BCUT2D eigenvalue weighted by atomic mass is 10.1. The molecule has 14 heterocycles. The lowest BCUT2D eigenvalue weighted by molar-refractivity contribution is -0.385. The first-order chi connectivity index (χ1) is 68.2. The van der Waals surface area contributed by atoms with Gasteiger partial charge in [0.25, 0.3) is 22.7 Å². The number of aryl methyl sites for hydroxylation is 4. The van der Waals surface area contributed by atoms with Crippen molar-refractivity contribution in [1.29, 1.82) is 0 Å². The van der Waals surface area contributed by atoms with Crippen LogP contribution in [-0.4, -0.2) is 124 Å². The number of pyridine rings is 5. The second-order valence-corrected chi connectivity index (χ2v) is 36.4. The number of non-ortho nitro benzene ring substituents is 4. The number of nitro benzene ring substituents is 4. The van der Waals surface area contributed by atoms with Gasteiger partial charge in [-0.25, -0.2) is 26.7 Å². The van der Waals surface area contributed by atoms with Crippen molar-refractivity contribution in [3.63, 3.8) is 0 Å². The van der Waals surface area contributed by atoms with Gasteiger partial charge in [0.05, 0.1) is 99.3 Å². The maximum Gasteiger partial charge on any atom is 0.341 e. The van der Waals surface area contributed by atoms with Gasteiger partial charge in [0, 0.05) is 161 Å². The molecule has 0 bridgehead atoms. The van der Waals surface area contributed by atoms with Crippen LogP contribution in [0, 0.1) is 115 Å². The number of nitrogens with zero attached hydrogens (tertiary/aromatic N) is 13. The van der Waals surface area contributed by atoms with E-state index in [0.717, 1.165) is 19.0 Å². The third-order valence-electron chi connectivity index (χ3n) is 26.6. The van der Waals surface area contributed by atoms with E-state index >= 15 is 17.6 Å². The van der Waals surface area contributed by atoms with Crippen molar-refractivity contribution in [3.8, 4) is 85.9 Å². The average Bonchev–Trinajstić information content (AvgIpc) is 1.04. The van der Waals surface area contributed by atoms with Crippen molar-refractivity contribution in [2.24, 2.45) is 23.3 Å². The highest BCUT2D eigenvalue weighted by Gasteiger charge is 2.40. The first kappa shape index (κ1) is 95.4. The van der Waals surface area contributed by atoms with Crippen molar-refractivity contribution in [1.82, 2.24) is 22.8 Å². The summed E-state index contributed by atoms with van der Waals surface area (Å²) in [6.07, 6.45) is 11.0. The van der Waals surface area contributed by atoms with E-state index in [4.69, 9.17) is 35.2 Å². The minimum absolute atomic E-state index is 0.